The predicted molar refractivity (Wildman–Crippen MR) is 51.5 cm³/mol. The van der Waals surface area contributed by atoms with Gasteiger partial charge in [0.2, 0.25) is 5.91 Å². The van der Waals surface area contributed by atoms with Crippen molar-refractivity contribution in [3.05, 3.63) is 11.8 Å². The first-order valence-corrected chi connectivity index (χ1v) is 4.44. The number of rotatable bonds is 3. The number of amides is 1. The van der Waals surface area contributed by atoms with Gasteiger partial charge in [0.25, 0.3) is 0 Å². The first-order chi connectivity index (χ1) is 6.13. The maximum Gasteiger partial charge on any atom is 0.225 e. The molecule has 1 amide bonds. The van der Waals surface area contributed by atoms with Crippen LogP contribution in [-0.4, -0.2) is 15.7 Å². The Bertz CT molecular complexity index is 304. The lowest BCUT2D eigenvalue weighted by molar-refractivity contribution is -0.116. The van der Waals surface area contributed by atoms with Gasteiger partial charge in [0.05, 0.1) is 5.69 Å². The zero-order chi connectivity index (χ0) is 9.84. The molecule has 0 saturated heterocycles. The van der Waals surface area contributed by atoms with E-state index in [2.05, 4.69) is 10.4 Å². The van der Waals surface area contributed by atoms with Crippen LogP contribution >= 0.6 is 0 Å². The quantitative estimate of drug-likeness (QED) is 0.767. The fraction of sp³-hybridized carbons (Fsp3) is 0.556. The number of nitrogens with zero attached hydrogens (tertiary/aromatic N) is 2. The summed E-state index contributed by atoms with van der Waals surface area (Å²) >= 11 is 0. The molecule has 72 valence electrons. The van der Waals surface area contributed by atoms with Crippen LogP contribution in [0.3, 0.4) is 0 Å². The van der Waals surface area contributed by atoms with Crippen molar-refractivity contribution in [3.63, 3.8) is 0 Å². The fourth-order valence-corrected chi connectivity index (χ4v) is 1.16. The molecule has 1 aromatic rings. The zero-order valence-corrected chi connectivity index (χ0v) is 8.29. The van der Waals surface area contributed by atoms with Crippen LogP contribution in [0.5, 0.6) is 0 Å². The van der Waals surface area contributed by atoms with Crippen LogP contribution in [0.1, 0.15) is 25.5 Å². The summed E-state index contributed by atoms with van der Waals surface area (Å²) in [7, 11) is 1.81. The number of nitrogens with one attached hydrogen (secondary N) is 1. The van der Waals surface area contributed by atoms with Gasteiger partial charge >= 0.3 is 0 Å². The van der Waals surface area contributed by atoms with Crippen LogP contribution in [0.4, 0.5) is 5.82 Å². The Hall–Kier alpha value is -1.32. The molecule has 1 aromatic heterocycles. The average Bonchev–Trinajstić information content (AvgIpc) is 2.30. The second kappa shape index (κ2) is 4.07. The minimum Gasteiger partial charge on any atom is -0.311 e. The summed E-state index contributed by atoms with van der Waals surface area (Å²) in [6.07, 6.45) is 1.42. The van der Waals surface area contributed by atoms with Gasteiger partial charge in [-0.3, -0.25) is 9.48 Å². The van der Waals surface area contributed by atoms with E-state index >= 15 is 0 Å². The van der Waals surface area contributed by atoms with E-state index in [0.29, 0.717) is 6.42 Å². The van der Waals surface area contributed by atoms with Crippen molar-refractivity contribution in [3.8, 4) is 0 Å². The van der Waals surface area contributed by atoms with Gasteiger partial charge in [-0.1, -0.05) is 6.92 Å². The van der Waals surface area contributed by atoms with E-state index in [4.69, 9.17) is 0 Å². The summed E-state index contributed by atoms with van der Waals surface area (Å²) in [5.74, 6) is 0.807. The Morgan fingerprint density at radius 3 is 2.85 bits per heavy atom. The van der Waals surface area contributed by atoms with E-state index in [1.807, 2.05) is 27.0 Å². The Morgan fingerprint density at radius 1 is 1.69 bits per heavy atom. The molecule has 0 aliphatic rings. The number of carbonyl (C=O) groups excluding carboxylic acids is 1. The smallest absolute Gasteiger partial charge is 0.225 e. The third kappa shape index (κ3) is 2.57. The highest BCUT2D eigenvalue weighted by atomic mass is 16.1. The molecule has 4 nitrogen and oxygen atoms in total. The molecule has 0 saturated carbocycles. The molecular formula is C9H15N3O. The third-order valence-corrected chi connectivity index (χ3v) is 1.75. The normalized spacial score (nSPS) is 10.1. The van der Waals surface area contributed by atoms with Crippen molar-refractivity contribution < 1.29 is 4.79 Å². The summed E-state index contributed by atoms with van der Waals surface area (Å²) in [5, 5.41) is 6.92. The van der Waals surface area contributed by atoms with Gasteiger partial charge in [0.15, 0.2) is 0 Å². The summed E-state index contributed by atoms with van der Waals surface area (Å²) in [6.45, 7) is 3.88. The Kier molecular flexibility index (Phi) is 3.06. The van der Waals surface area contributed by atoms with E-state index in [0.717, 1.165) is 17.9 Å². The molecule has 0 atom stereocenters. The van der Waals surface area contributed by atoms with Crippen molar-refractivity contribution >= 4 is 11.7 Å². The van der Waals surface area contributed by atoms with Crippen LogP contribution in [0.2, 0.25) is 0 Å². The number of anilines is 1. The molecular weight excluding hydrogens is 166 g/mol. The van der Waals surface area contributed by atoms with Crippen LogP contribution in [0.15, 0.2) is 6.07 Å². The largest absolute Gasteiger partial charge is 0.311 e. The van der Waals surface area contributed by atoms with Gasteiger partial charge in [-0.25, -0.2) is 0 Å². The highest BCUT2D eigenvalue weighted by molar-refractivity contribution is 5.89. The van der Waals surface area contributed by atoms with Crippen LogP contribution in [0.25, 0.3) is 0 Å². The molecule has 1 N–H and O–H groups in total. The summed E-state index contributed by atoms with van der Waals surface area (Å²) in [4.78, 5) is 11.2. The lowest BCUT2D eigenvalue weighted by atomic mass is 10.3. The van der Waals surface area contributed by atoms with Crippen LogP contribution in [0, 0.1) is 6.92 Å². The Balaban J connectivity index is 2.63. The minimum absolute atomic E-state index is 0.0468. The molecule has 0 spiro atoms. The fourth-order valence-electron chi connectivity index (χ4n) is 1.16. The average molecular weight is 181 g/mol. The van der Waals surface area contributed by atoms with E-state index in [1.165, 1.54) is 0 Å². The molecule has 0 aromatic carbocycles. The summed E-state index contributed by atoms with van der Waals surface area (Å²) < 4.78 is 1.67. The molecule has 1 rings (SSSR count). The number of aromatic nitrogens is 2. The molecule has 0 bridgehead atoms. The number of aryl methyl sites for hydroxylation is 2. The third-order valence-electron chi connectivity index (χ3n) is 1.75. The number of hydrogen-bond acceptors (Lipinski definition) is 2. The monoisotopic (exact) mass is 181 g/mol. The van der Waals surface area contributed by atoms with Gasteiger partial charge in [-0.05, 0) is 13.3 Å². The maximum atomic E-state index is 11.2. The van der Waals surface area contributed by atoms with E-state index in [1.54, 1.807) is 4.68 Å². The number of hydrogen-bond donors (Lipinski definition) is 1. The highest BCUT2D eigenvalue weighted by Crippen LogP contribution is 2.08. The summed E-state index contributed by atoms with van der Waals surface area (Å²) in [5.41, 5.74) is 0.911. The topological polar surface area (TPSA) is 46.9 Å². The minimum atomic E-state index is 0.0468. The van der Waals surface area contributed by atoms with Gasteiger partial charge in [-0.15, -0.1) is 0 Å². The van der Waals surface area contributed by atoms with Crippen molar-refractivity contribution in [2.75, 3.05) is 5.32 Å². The first kappa shape index (κ1) is 9.77. The SMILES string of the molecule is CCCC(=O)Nc1cc(C)nn1C. The van der Waals surface area contributed by atoms with Gasteiger partial charge < -0.3 is 5.32 Å². The molecule has 0 aliphatic heterocycles. The lowest BCUT2D eigenvalue weighted by Crippen LogP contribution is -2.13. The van der Waals surface area contributed by atoms with Crippen molar-refractivity contribution in [2.45, 2.75) is 26.7 Å². The lowest BCUT2D eigenvalue weighted by Gasteiger charge is -2.02. The standard InChI is InChI=1S/C9H15N3O/c1-4-5-9(13)10-8-6-7(2)11-12(8)3/h6H,4-5H2,1-3H3,(H,10,13). The van der Waals surface area contributed by atoms with Crippen molar-refractivity contribution in [1.29, 1.82) is 0 Å². The predicted octanol–water partition coefficient (Wildman–Crippen LogP) is 1.47. The van der Waals surface area contributed by atoms with Gasteiger partial charge in [0, 0.05) is 19.5 Å². The molecule has 0 aliphatic carbocycles. The van der Waals surface area contributed by atoms with E-state index < -0.39 is 0 Å². The second-order valence-electron chi connectivity index (χ2n) is 3.09. The second-order valence-corrected chi connectivity index (χ2v) is 3.09. The number of carbonyl (C=O) groups is 1. The van der Waals surface area contributed by atoms with Crippen molar-refractivity contribution in [1.82, 2.24) is 9.78 Å². The van der Waals surface area contributed by atoms with Crippen LogP contribution < -0.4 is 5.32 Å². The molecule has 13 heavy (non-hydrogen) atoms. The van der Waals surface area contributed by atoms with Crippen LogP contribution in [-0.2, 0) is 11.8 Å². The zero-order valence-electron chi connectivity index (χ0n) is 8.29. The van der Waals surface area contributed by atoms with E-state index in [9.17, 15) is 4.79 Å². The maximum absolute atomic E-state index is 11.2. The molecule has 0 radical (unpaired) electrons. The first-order valence-electron chi connectivity index (χ1n) is 4.44. The van der Waals surface area contributed by atoms with E-state index in [-0.39, 0.29) is 5.91 Å². The van der Waals surface area contributed by atoms with Gasteiger partial charge in [0.1, 0.15) is 5.82 Å². The Labute approximate surface area is 77.9 Å². The van der Waals surface area contributed by atoms with Gasteiger partial charge in [-0.2, -0.15) is 5.10 Å². The van der Waals surface area contributed by atoms with Crippen molar-refractivity contribution in [2.24, 2.45) is 7.05 Å². The summed E-state index contributed by atoms with van der Waals surface area (Å²) in [6, 6.07) is 1.85. The molecule has 0 unspecified atom stereocenters. The Morgan fingerprint density at radius 2 is 2.38 bits per heavy atom. The molecule has 4 heteroatoms. The molecule has 0 fully saturated rings. The molecule has 1 heterocycles. The highest BCUT2D eigenvalue weighted by Gasteiger charge is 2.05.